The molecular formula is C16H20N4O. The van der Waals surface area contributed by atoms with Gasteiger partial charge in [-0.3, -0.25) is 9.78 Å². The molecule has 0 bridgehead atoms. The number of hydrazone groups is 1. The van der Waals surface area contributed by atoms with Crippen LogP contribution in [-0.2, 0) is 4.79 Å². The number of nitrogens with zero attached hydrogens (tertiary/aromatic N) is 2. The molecule has 21 heavy (non-hydrogen) atoms. The number of hydrogen-bond acceptors (Lipinski definition) is 4. The fourth-order valence-corrected chi connectivity index (χ4v) is 2.07. The lowest BCUT2D eigenvalue weighted by molar-refractivity contribution is -0.121. The number of hydrogen-bond donors (Lipinski definition) is 2. The maximum absolute atomic E-state index is 11.6. The lowest BCUT2D eigenvalue weighted by Crippen LogP contribution is -2.17. The van der Waals surface area contributed by atoms with Crippen molar-refractivity contribution in [3.8, 4) is 0 Å². The highest BCUT2D eigenvalue weighted by Crippen LogP contribution is 2.13. The molecule has 1 amide bonds. The third-order valence-electron chi connectivity index (χ3n) is 3.16. The molecule has 0 aliphatic heterocycles. The second kappa shape index (κ2) is 8.11. The van der Waals surface area contributed by atoms with Crippen LogP contribution in [0.3, 0.4) is 0 Å². The number of nitrogens with one attached hydrogen (secondary N) is 1. The Morgan fingerprint density at radius 3 is 2.95 bits per heavy atom. The highest BCUT2D eigenvalue weighted by molar-refractivity contribution is 5.97. The van der Waals surface area contributed by atoms with E-state index in [1.54, 1.807) is 12.4 Å². The molecule has 5 nitrogen and oxygen atoms in total. The molecule has 0 spiro atoms. The van der Waals surface area contributed by atoms with Crippen LogP contribution in [0.15, 0.2) is 41.6 Å². The van der Waals surface area contributed by atoms with Crippen molar-refractivity contribution in [2.24, 2.45) is 10.8 Å². The van der Waals surface area contributed by atoms with Crippen LogP contribution in [0.5, 0.6) is 0 Å². The standard InChI is InChI=1S/C16H20N4O/c17-10-3-1-2-9-15(21)20-19-12-14-7-4-6-13-8-5-11-18-16(13)14/h4-8,11-12H,1-3,9-10,17H2,(H,20,21)/b19-12+. The van der Waals surface area contributed by atoms with Crippen molar-refractivity contribution in [1.29, 1.82) is 0 Å². The first kappa shape index (κ1) is 15.1. The van der Waals surface area contributed by atoms with Gasteiger partial charge < -0.3 is 5.73 Å². The van der Waals surface area contributed by atoms with Gasteiger partial charge in [-0.15, -0.1) is 0 Å². The zero-order valence-corrected chi connectivity index (χ0v) is 12.0. The van der Waals surface area contributed by atoms with Crippen LogP contribution in [-0.4, -0.2) is 23.7 Å². The summed E-state index contributed by atoms with van der Waals surface area (Å²) in [5.41, 5.74) is 9.71. The van der Waals surface area contributed by atoms with E-state index >= 15 is 0 Å². The average molecular weight is 284 g/mol. The van der Waals surface area contributed by atoms with Gasteiger partial charge in [-0.05, 0) is 25.5 Å². The van der Waals surface area contributed by atoms with Crippen LogP contribution in [0.1, 0.15) is 31.2 Å². The van der Waals surface area contributed by atoms with E-state index in [2.05, 4.69) is 15.5 Å². The molecule has 1 heterocycles. The summed E-state index contributed by atoms with van der Waals surface area (Å²) in [6, 6.07) is 9.75. The molecule has 2 rings (SSSR count). The van der Waals surface area contributed by atoms with Crippen molar-refractivity contribution >= 4 is 23.0 Å². The van der Waals surface area contributed by atoms with Crippen LogP contribution in [0.2, 0.25) is 0 Å². The number of rotatable bonds is 7. The Balaban J connectivity index is 1.90. The van der Waals surface area contributed by atoms with Gasteiger partial charge in [0, 0.05) is 23.6 Å². The second-order valence-corrected chi connectivity index (χ2v) is 4.81. The van der Waals surface area contributed by atoms with Crippen molar-refractivity contribution in [3.05, 3.63) is 42.1 Å². The minimum Gasteiger partial charge on any atom is -0.330 e. The van der Waals surface area contributed by atoms with Gasteiger partial charge >= 0.3 is 0 Å². The lowest BCUT2D eigenvalue weighted by Gasteiger charge is -2.01. The first-order chi connectivity index (χ1) is 10.3. The number of unbranched alkanes of at least 4 members (excludes halogenated alkanes) is 2. The molecule has 0 saturated carbocycles. The predicted molar refractivity (Wildman–Crippen MR) is 85.0 cm³/mol. The molecule has 0 fully saturated rings. The van der Waals surface area contributed by atoms with E-state index in [1.807, 2.05) is 30.3 Å². The molecule has 0 unspecified atom stereocenters. The van der Waals surface area contributed by atoms with E-state index in [-0.39, 0.29) is 5.91 Å². The van der Waals surface area contributed by atoms with E-state index in [9.17, 15) is 4.79 Å². The van der Waals surface area contributed by atoms with Crippen molar-refractivity contribution in [1.82, 2.24) is 10.4 Å². The molecule has 3 N–H and O–H groups in total. The van der Waals surface area contributed by atoms with E-state index in [0.717, 1.165) is 35.7 Å². The first-order valence-corrected chi connectivity index (χ1v) is 7.17. The third kappa shape index (κ3) is 4.65. The number of fused-ring (bicyclic) bond motifs is 1. The van der Waals surface area contributed by atoms with Crippen molar-refractivity contribution in [2.45, 2.75) is 25.7 Å². The molecule has 2 aromatic rings. The maximum Gasteiger partial charge on any atom is 0.240 e. The number of para-hydroxylation sites is 1. The van der Waals surface area contributed by atoms with Crippen molar-refractivity contribution in [3.63, 3.8) is 0 Å². The SMILES string of the molecule is NCCCCCC(=O)N/N=C/c1cccc2cccnc12. The number of pyridine rings is 1. The number of carbonyl (C=O) groups excluding carboxylic acids is 1. The Morgan fingerprint density at radius 2 is 2.10 bits per heavy atom. The fraction of sp³-hybridized carbons (Fsp3) is 0.312. The van der Waals surface area contributed by atoms with Crippen molar-refractivity contribution < 1.29 is 4.79 Å². The summed E-state index contributed by atoms with van der Waals surface area (Å²) >= 11 is 0. The molecule has 1 aromatic carbocycles. The van der Waals surface area contributed by atoms with Crippen LogP contribution in [0.4, 0.5) is 0 Å². The lowest BCUT2D eigenvalue weighted by atomic mass is 10.1. The number of carbonyl (C=O) groups is 1. The molecule has 5 heteroatoms. The predicted octanol–water partition coefficient (Wildman–Crippen LogP) is 2.20. The van der Waals surface area contributed by atoms with Crippen LogP contribution in [0.25, 0.3) is 10.9 Å². The van der Waals surface area contributed by atoms with E-state index in [4.69, 9.17) is 5.73 Å². The van der Waals surface area contributed by atoms with E-state index < -0.39 is 0 Å². The van der Waals surface area contributed by atoms with E-state index in [0.29, 0.717) is 13.0 Å². The summed E-state index contributed by atoms with van der Waals surface area (Å²) < 4.78 is 0. The first-order valence-electron chi connectivity index (χ1n) is 7.17. The Labute approximate surface area is 124 Å². The third-order valence-corrected chi connectivity index (χ3v) is 3.16. The topological polar surface area (TPSA) is 80.4 Å². The van der Waals surface area contributed by atoms with Crippen molar-refractivity contribution in [2.75, 3.05) is 6.54 Å². The molecule has 0 atom stereocenters. The summed E-state index contributed by atoms with van der Waals surface area (Å²) in [6.45, 7) is 0.674. The zero-order valence-electron chi connectivity index (χ0n) is 12.0. The Morgan fingerprint density at radius 1 is 1.24 bits per heavy atom. The Hall–Kier alpha value is -2.27. The molecule has 110 valence electrons. The molecule has 0 aliphatic carbocycles. The summed E-state index contributed by atoms with van der Waals surface area (Å²) in [4.78, 5) is 15.9. The summed E-state index contributed by atoms with van der Waals surface area (Å²) in [6.07, 6.45) is 6.63. The quantitative estimate of drug-likeness (QED) is 0.464. The molecular weight excluding hydrogens is 264 g/mol. The summed E-state index contributed by atoms with van der Waals surface area (Å²) in [5.74, 6) is -0.0727. The van der Waals surface area contributed by atoms with Gasteiger partial charge in [0.25, 0.3) is 0 Å². The molecule has 0 aliphatic rings. The normalized spacial score (nSPS) is 11.1. The summed E-state index contributed by atoms with van der Waals surface area (Å²) in [5, 5.41) is 5.05. The van der Waals surface area contributed by atoms with Gasteiger partial charge in [-0.2, -0.15) is 5.10 Å². The highest BCUT2D eigenvalue weighted by Gasteiger charge is 2.00. The maximum atomic E-state index is 11.6. The number of amides is 1. The molecule has 0 saturated heterocycles. The van der Waals surface area contributed by atoms with Crippen LogP contribution >= 0.6 is 0 Å². The fourth-order valence-electron chi connectivity index (χ4n) is 2.07. The molecule has 0 radical (unpaired) electrons. The van der Waals surface area contributed by atoms with Gasteiger partial charge in [-0.1, -0.05) is 30.7 Å². The van der Waals surface area contributed by atoms with E-state index in [1.165, 1.54) is 0 Å². The van der Waals surface area contributed by atoms with Crippen LogP contribution in [0, 0.1) is 0 Å². The number of nitrogens with two attached hydrogens (primary N) is 1. The smallest absolute Gasteiger partial charge is 0.240 e. The number of benzene rings is 1. The van der Waals surface area contributed by atoms with Gasteiger partial charge in [0.1, 0.15) is 0 Å². The largest absolute Gasteiger partial charge is 0.330 e. The monoisotopic (exact) mass is 284 g/mol. The summed E-state index contributed by atoms with van der Waals surface area (Å²) in [7, 11) is 0. The van der Waals surface area contributed by atoms with Gasteiger partial charge in [0.2, 0.25) is 5.91 Å². The molecule has 1 aromatic heterocycles. The second-order valence-electron chi connectivity index (χ2n) is 4.81. The number of aromatic nitrogens is 1. The van der Waals surface area contributed by atoms with Gasteiger partial charge in [0.05, 0.1) is 11.7 Å². The van der Waals surface area contributed by atoms with Gasteiger partial charge in [-0.25, -0.2) is 5.43 Å². The minimum absolute atomic E-state index is 0.0727. The Bertz CT molecular complexity index is 619. The Kier molecular flexibility index (Phi) is 5.84. The van der Waals surface area contributed by atoms with Crippen LogP contribution < -0.4 is 11.2 Å². The highest BCUT2D eigenvalue weighted by atomic mass is 16.2. The average Bonchev–Trinajstić information content (AvgIpc) is 2.52. The minimum atomic E-state index is -0.0727. The van der Waals surface area contributed by atoms with Gasteiger partial charge in [0.15, 0.2) is 0 Å². The zero-order chi connectivity index (χ0) is 14.9.